The van der Waals surface area contributed by atoms with Crippen molar-refractivity contribution >= 4 is 28.1 Å². The van der Waals surface area contributed by atoms with Crippen LogP contribution in [0.2, 0.25) is 0 Å². The van der Waals surface area contributed by atoms with Gasteiger partial charge in [-0.2, -0.15) is 5.10 Å². The highest BCUT2D eigenvalue weighted by Crippen LogP contribution is 2.17. The summed E-state index contributed by atoms with van der Waals surface area (Å²) >= 11 is 3.33. The van der Waals surface area contributed by atoms with Crippen LogP contribution in [0.25, 0.3) is 0 Å². The number of amides is 1. The van der Waals surface area contributed by atoms with Crippen LogP contribution in [-0.2, 0) is 4.79 Å². The summed E-state index contributed by atoms with van der Waals surface area (Å²) in [5, 5.41) is 13.0. The minimum atomic E-state index is -0.668. The third kappa shape index (κ3) is 4.89. The van der Waals surface area contributed by atoms with E-state index in [1.165, 1.54) is 6.21 Å². The summed E-state index contributed by atoms with van der Waals surface area (Å²) in [6.45, 7) is 1.65. The average molecular weight is 363 g/mol. The molecule has 114 valence electrons. The van der Waals surface area contributed by atoms with Crippen LogP contribution in [0.1, 0.15) is 12.5 Å². The standard InChI is InChI=1S/C16H15BrN2O3/c1-11(22-15-8-4-13(17)5-9-15)16(21)19-18-10-12-2-6-14(20)7-3-12/h2-11,20H,1H3,(H,19,21). The minimum absolute atomic E-state index is 0.178. The maximum absolute atomic E-state index is 11.9. The van der Waals surface area contributed by atoms with Gasteiger partial charge in [0.25, 0.3) is 5.91 Å². The van der Waals surface area contributed by atoms with Gasteiger partial charge < -0.3 is 9.84 Å². The van der Waals surface area contributed by atoms with Crippen LogP contribution in [0.5, 0.6) is 11.5 Å². The molecule has 2 aromatic carbocycles. The predicted molar refractivity (Wildman–Crippen MR) is 88.1 cm³/mol. The molecule has 0 aliphatic heterocycles. The summed E-state index contributed by atoms with van der Waals surface area (Å²) in [6, 6.07) is 13.7. The predicted octanol–water partition coefficient (Wildman–Crippen LogP) is 3.07. The zero-order chi connectivity index (χ0) is 15.9. The van der Waals surface area contributed by atoms with Crippen LogP contribution in [0.15, 0.2) is 58.1 Å². The molecule has 6 heteroatoms. The summed E-state index contributed by atoms with van der Waals surface area (Å²) in [7, 11) is 0. The molecule has 1 atom stereocenters. The van der Waals surface area contributed by atoms with E-state index in [2.05, 4.69) is 26.5 Å². The number of carbonyl (C=O) groups excluding carboxylic acids is 1. The van der Waals surface area contributed by atoms with E-state index in [4.69, 9.17) is 9.84 Å². The molecule has 0 heterocycles. The van der Waals surface area contributed by atoms with Crippen LogP contribution in [0.4, 0.5) is 0 Å². The summed E-state index contributed by atoms with van der Waals surface area (Å²) in [5.74, 6) is 0.434. The van der Waals surface area contributed by atoms with E-state index < -0.39 is 6.10 Å². The van der Waals surface area contributed by atoms with Crippen molar-refractivity contribution in [1.82, 2.24) is 5.43 Å². The summed E-state index contributed by atoms with van der Waals surface area (Å²) in [4.78, 5) is 11.9. The number of hydrazone groups is 1. The molecule has 1 unspecified atom stereocenters. The lowest BCUT2D eigenvalue weighted by Crippen LogP contribution is -2.33. The lowest BCUT2D eigenvalue weighted by molar-refractivity contribution is -0.127. The normalized spacial score (nSPS) is 12.1. The molecule has 0 fully saturated rings. The quantitative estimate of drug-likeness (QED) is 0.634. The monoisotopic (exact) mass is 362 g/mol. The largest absolute Gasteiger partial charge is 0.508 e. The van der Waals surface area contributed by atoms with E-state index in [0.717, 1.165) is 10.0 Å². The highest BCUT2D eigenvalue weighted by atomic mass is 79.9. The third-order valence-corrected chi connectivity index (χ3v) is 3.31. The van der Waals surface area contributed by atoms with E-state index in [1.54, 1.807) is 43.3 Å². The van der Waals surface area contributed by atoms with Crippen molar-refractivity contribution in [2.24, 2.45) is 5.10 Å². The van der Waals surface area contributed by atoms with Gasteiger partial charge in [-0.05, 0) is 61.0 Å². The van der Waals surface area contributed by atoms with Crippen LogP contribution in [0.3, 0.4) is 0 Å². The average Bonchev–Trinajstić information content (AvgIpc) is 2.51. The van der Waals surface area contributed by atoms with Gasteiger partial charge in [0.05, 0.1) is 6.21 Å². The number of phenols is 1. The van der Waals surface area contributed by atoms with E-state index in [1.807, 2.05) is 12.1 Å². The van der Waals surface area contributed by atoms with Gasteiger partial charge in [-0.3, -0.25) is 4.79 Å². The van der Waals surface area contributed by atoms with Crippen molar-refractivity contribution in [1.29, 1.82) is 0 Å². The Kier molecular flexibility index (Phi) is 5.55. The Hall–Kier alpha value is -2.34. The van der Waals surface area contributed by atoms with Crippen LogP contribution >= 0.6 is 15.9 Å². The molecule has 22 heavy (non-hydrogen) atoms. The number of nitrogens with zero attached hydrogens (tertiary/aromatic N) is 1. The minimum Gasteiger partial charge on any atom is -0.508 e. The molecule has 5 nitrogen and oxygen atoms in total. The second kappa shape index (κ2) is 7.61. The van der Waals surface area contributed by atoms with Crippen molar-refractivity contribution in [2.45, 2.75) is 13.0 Å². The number of halogens is 1. The fraction of sp³-hybridized carbons (Fsp3) is 0.125. The number of benzene rings is 2. The number of hydrogen-bond donors (Lipinski definition) is 2. The smallest absolute Gasteiger partial charge is 0.280 e. The third-order valence-electron chi connectivity index (χ3n) is 2.78. The van der Waals surface area contributed by atoms with Gasteiger partial charge in [-0.25, -0.2) is 5.43 Å². The molecule has 0 aliphatic rings. The van der Waals surface area contributed by atoms with Gasteiger partial charge >= 0.3 is 0 Å². The Bertz CT molecular complexity index is 654. The lowest BCUT2D eigenvalue weighted by Gasteiger charge is -2.12. The van der Waals surface area contributed by atoms with Gasteiger partial charge in [-0.1, -0.05) is 15.9 Å². The summed E-state index contributed by atoms with van der Waals surface area (Å²) in [5.41, 5.74) is 3.17. The van der Waals surface area contributed by atoms with Crippen LogP contribution < -0.4 is 10.2 Å². The molecule has 1 amide bonds. The Morgan fingerprint density at radius 1 is 1.23 bits per heavy atom. The van der Waals surface area contributed by atoms with Gasteiger partial charge in [0, 0.05) is 4.47 Å². The van der Waals surface area contributed by atoms with Gasteiger partial charge in [0.1, 0.15) is 11.5 Å². The molecule has 0 spiro atoms. The molecule has 0 bridgehead atoms. The van der Waals surface area contributed by atoms with Crippen LogP contribution in [-0.4, -0.2) is 23.3 Å². The second-order valence-corrected chi connectivity index (χ2v) is 5.46. The van der Waals surface area contributed by atoms with E-state index in [0.29, 0.717) is 5.75 Å². The number of ether oxygens (including phenoxy) is 1. The SMILES string of the molecule is CC(Oc1ccc(Br)cc1)C(=O)NN=Cc1ccc(O)cc1. The van der Waals surface area contributed by atoms with E-state index in [9.17, 15) is 4.79 Å². The molecule has 2 N–H and O–H groups in total. The van der Waals surface area contributed by atoms with Gasteiger partial charge in [-0.15, -0.1) is 0 Å². The number of carbonyl (C=O) groups is 1. The molecule has 0 saturated carbocycles. The topological polar surface area (TPSA) is 70.9 Å². The molecular weight excluding hydrogens is 348 g/mol. The number of nitrogens with one attached hydrogen (secondary N) is 1. The van der Waals surface area contributed by atoms with Gasteiger partial charge in [0.2, 0.25) is 0 Å². The zero-order valence-electron chi connectivity index (χ0n) is 11.9. The molecule has 0 aromatic heterocycles. The van der Waals surface area contributed by atoms with Crippen molar-refractivity contribution < 1.29 is 14.6 Å². The fourth-order valence-electron chi connectivity index (χ4n) is 1.59. The van der Waals surface area contributed by atoms with Gasteiger partial charge in [0.15, 0.2) is 6.10 Å². The molecule has 0 radical (unpaired) electrons. The first kappa shape index (κ1) is 16.0. The van der Waals surface area contributed by atoms with Crippen molar-refractivity contribution in [2.75, 3.05) is 0 Å². The number of phenolic OH excluding ortho intramolecular Hbond substituents is 1. The van der Waals surface area contributed by atoms with Crippen molar-refractivity contribution in [3.63, 3.8) is 0 Å². The molecule has 0 saturated heterocycles. The Labute approximate surface area is 136 Å². The lowest BCUT2D eigenvalue weighted by atomic mass is 10.2. The highest BCUT2D eigenvalue weighted by molar-refractivity contribution is 9.10. The fourth-order valence-corrected chi connectivity index (χ4v) is 1.86. The Balaban J connectivity index is 1.85. The number of hydrogen-bond acceptors (Lipinski definition) is 4. The molecule has 0 aliphatic carbocycles. The Morgan fingerprint density at radius 3 is 2.50 bits per heavy atom. The second-order valence-electron chi connectivity index (χ2n) is 4.54. The van der Waals surface area contributed by atoms with E-state index >= 15 is 0 Å². The highest BCUT2D eigenvalue weighted by Gasteiger charge is 2.13. The van der Waals surface area contributed by atoms with Crippen molar-refractivity contribution in [3.05, 3.63) is 58.6 Å². The summed E-state index contributed by atoms with van der Waals surface area (Å²) < 4.78 is 6.45. The molecular formula is C16H15BrN2O3. The Morgan fingerprint density at radius 2 is 1.86 bits per heavy atom. The van der Waals surface area contributed by atoms with E-state index in [-0.39, 0.29) is 11.7 Å². The molecule has 2 rings (SSSR count). The molecule has 2 aromatic rings. The first-order valence-electron chi connectivity index (χ1n) is 6.59. The first-order chi connectivity index (χ1) is 10.5. The number of aromatic hydroxyl groups is 1. The maximum Gasteiger partial charge on any atom is 0.280 e. The number of rotatable bonds is 5. The van der Waals surface area contributed by atoms with Crippen LogP contribution in [0, 0.1) is 0 Å². The maximum atomic E-state index is 11.9. The summed E-state index contributed by atoms with van der Waals surface area (Å²) in [6.07, 6.45) is 0.821. The van der Waals surface area contributed by atoms with Crippen molar-refractivity contribution in [3.8, 4) is 11.5 Å². The zero-order valence-corrected chi connectivity index (χ0v) is 13.4. The first-order valence-corrected chi connectivity index (χ1v) is 7.38.